The fraction of sp³-hybridized carbons (Fsp3) is 0.684. The van der Waals surface area contributed by atoms with Gasteiger partial charge in [-0.2, -0.15) is 0 Å². The number of likely N-dealkylation sites (tertiary alicyclic amines) is 1. The summed E-state index contributed by atoms with van der Waals surface area (Å²) in [6.07, 6.45) is 2.60. The van der Waals surface area contributed by atoms with Gasteiger partial charge in [0, 0.05) is 19.1 Å². The lowest BCUT2D eigenvalue weighted by Crippen LogP contribution is -2.44. The van der Waals surface area contributed by atoms with E-state index in [1.54, 1.807) is 0 Å². The van der Waals surface area contributed by atoms with E-state index in [1.165, 1.54) is 30.5 Å². The van der Waals surface area contributed by atoms with Gasteiger partial charge in [-0.3, -0.25) is 4.90 Å². The van der Waals surface area contributed by atoms with Crippen LogP contribution in [-0.2, 0) is 5.41 Å². The largest absolute Gasteiger partial charge is 0.329 e. The van der Waals surface area contributed by atoms with E-state index in [0.717, 1.165) is 6.54 Å². The third-order valence-electron chi connectivity index (χ3n) is 4.76. The van der Waals surface area contributed by atoms with Crippen LogP contribution in [-0.4, -0.2) is 24.5 Å². The molecule has 2 nitrogen and oxygen atoms in total. The molecule has 1 saturated heterocycles. The minimum absolute atomic E-state index is 0.212. The summed E-state index contributed by atoms with van der Waals surface area (Å²) in [4.78, 5) is 2.58. The quantitative estimate of drug-likeness (QED) is 0.907. The summed E-state index contributed by atoms with van der Waals surface area (Å²) in [6.45, 7) is 14.5. The average Bonchev–Trinajstić information content (AvgIpc) is 2.38. The Hall–Kier alpha value is -0.860. The van der Waals surface area contributed by atoms with Crippen molar-refractivity contribution >= 4 is 0 Å². The minimum atomic E-state index is 0.212. The molecule has 0 radical (unpaired) electrons. The van der Waals surface area contributed by atoms with E-state index < -0.39 is 0 Å². The number of hydrogen-bond donors (Lipinski definition) is 1. The molecule has 0 bridgehead atoms. The Morgan fingerprint density at radius 2 is 1.81 bits per heavy atom. The van der Waals surface area contributed by atoms with Gasteiger partial charge in [-0.25, -0.2) is 0 Å². The molecule has 2 N–H and O–H groups in total. The molecule has 1 atom stereocenters. The molecule has 21 heavy (non-hydrogen) atoms. The molecule has 1 aromatic carbocycles. The van der Waals surface area contributed by atoms with Crippen LogP contribution in [0.2, 0.25) is 0 Å². The van der Waals surface area contributed by atoms with Crippen LogP contribution in [0, 0.1) is 5.41 Å². The van der Waals surface area contributed by atoms with E-state index in [4.69, 9.17) is 5.73 Å². The Balaban J connectivity index is 2.17. The van der Waals surface area contributed by atoms with E-state index in [1.807, 2.05) is 0 Å². The Bertz CT molecular complexity index is 453. The van der Waals surface area contributed by atoms with Gasteiger partial charge in [0.25, 0.3) is 0 Å². The molecular formula is C19H32N2. The summed E-state index contributed by atoms with van der Waals surface area (Å²) in [5.41, 5.74) is 9.49. The van der Waals surface area contributed by atoms with Crippen molar-refractivity contribution in [1.82, 2.24) is 4.90 Å². The second-order valence-corrected chi connectivity index (χ2v) is 8.36. The maximum atomic E-state index is 6.11. The molecule has 0 aliphatic carbocycles. The predicted octanol–water partition coefficient (Wildman–Crippen LogP) is 4.11. The summed E-state index contributed by atoms with van der Waals surface area (Å²) >= 11 is 0. The highest BCUT2D eigenvalue weighted by Crippen LogP contribution is 2.34. The highest BCUT2D eigenvalue weighted by Gasteiger charge is 2.30. The SMILES string of the molecule is CC1(C)CCCN(C(CN)c2ccc(C(C)(C)C)cc2)C1. The first kappa shape index (κ1) is 16.5. The minimum Gasteiger partial charge on any atom is -0.329 e. The van der Waals surface area contributed by atoms with Crippen molar-refractivity contribution < 1.29 is 0 Å². The van der Waals surface area contributed by atoms with Gasteiger partial charge in [0.1, 0.15) is 0 Å². The highest BCUT2D eigenvalue weighted by molar-refractivity contribution is 5.29. The van der Waals surface area contributed by atoms with E-state index in [9.17, 15) is 0 Å². The molecule has 0 amide bonds. The maximum Gasteiger partial charge on any atom is 0.0470 e. The van der Waals surface area contributed by atoms with Crippen molar-refractivity contribution in [2.45, 2.75) is 58.9 Å². The molecule has 1 aromatic rings. The lowest BCUT2D eigenvalue weighted by atomic mass is 9.82. The maximum absolute atomic E-state index is 6.11. The zero-order valence-electron chi connectivity index (χ0n) is 14.4. The molecule has 1 unspecified atom stereocenters. The molecule has 1 heterocycles. The molecule has 2 rings (SSSR count). The number of rotatable bonds is 3. The van der Waals surface area contributed by atoms with Gasteiger partial charge in [-0.15, -0.1) is 0 Å². The monoisotopic (exact) mass is 288 g/mol. The van der Waals surface area contributed by atoms with Crippen LogP contribution in [0.3, 0.4) is 0 Å². The first-order valence-electron chi connectivity index (χ1n) is 8.27. The van der Waals surface area contributed by atoms with Crippen molar-refractivity contribution in [2.24, 2.45) is 11.1 Å². The lowest BCUT2D eigenvalue weighted by Gasteiger charge is -2.42. The normalized spacial score (nSPS) is 21.2. The molecular weight excluding hydrogens is 256 g/mol. The second kappa shape index (κ2) is 6.10. The number of benzene rings is 1. The van der Waals surface area contributed by atoms with Crippen molar-refractivity contribution in [3.05, 3.63) is 35.4 Å². The van der Waals surface area contributed by atoms with E-state index in [-0.39, 0.29) is 5.41 Å². The van der Waals surface area contributed by atoms with E-state index >= 15 is 0 Å². The van der Waals surface area contributed by atoms with Gasteiger partial charge < -0.3 is 5.73 Å². The summed E-state index contributed by atoms with van der Waals surface area (Å²) in [5.74, 6) is 0. The molecule has 0 saturated carbocycles. The molecule has 0 aromatic heterocycles. The molecule has 118 valence electrons. The van der Waals surface area contributed by atoms with Crippen LogP contribution < -0.4 is 5.73 Å². The summed E-state index contributed by atoms with van der Waals surface area (Å²) in [6, 6.07) is 9.46. The van der Waals surface area contributed by atoms with Crippen molar-refractivity contribution in [2.75, 3.05) is 19.6 Å². The van der Waals surface area contributed by atoms with E-state index in [0.29, 0.717) is 18.0 Å². The molecule has 0 spiro atoms. The zero-order chi connectivity index (χ0) is 15.7. The second-order valence-electron chi connectivity index (χ2n) is 8.36. The summed E-state index contributed by atoms with van der Waals surface area (Å²) < 4.78 is 0. The van der Waals surface area contributed by atoms with Crippen LogP contribution in [0.4, 0.5) is 0 Å². The van der Waals surface area contributed by atoms with Gasteiger partial charge in [0.2, 0.25) is 0 Å². The van der Waals surface area contributed by atoms with Crippen molar-refractivity contribution in [3.8, 4) is 0 Å². The van der Waals surface area contributed by atoms with Gasteiger partial charge in [-0.05, 0) is 41.3 Å². The van der Waals surface area contributed by atoms with Gasteiger partial charge in [0.05, 0.1) is 0 Å². The standard InChI is InChI=1S/C19H32N2/c1-18(2,3)16-9-7-15(8-10-16)17(13-20)21-12-6-11-19(4,5)14-21/h7-10,17H,6,11-14,20H2,1-5H3. The van der Waals surface area contributed by atoms with Crippen LogP contribution in [0.1, 0.15) is 64.6 Å². The van der Waals surface area contributed by atoms with Crippen molar-refractivity contribution in [1.29, 1.82) is 0 Å². The predicted molar refractivity (Wildman–Crippen MR) is 91.5 cm³/mol. The fourth-order valence-corrected chi connectivity index (χ4v) is 3.44. The zero-order valence-corrected chi connectivity index (χ0v) is 14.4. The van der Waals surface area contributed by atoms with Crippen LogP contribution >= 0.6 is 0 Å². The average molecular weight is 288 g/mol. The highest BCUT2D eigenvalue weighted by atomic mass is 15.2. The van der Waals surface area contributed by atoms with Crippen molar-refractivity contribution in [3.63, 3.8) is 0 Å². The molecule has 1 aliphatic heterocycles. The summed E-state index contributed by atoms with van der Waals surface area (Å²) in [7, 11) is 0. The molecule has 1 aliphatic rings. The first-order valence-corrected chi connectivity index (χ1v) is 8.27. The van der Waals surface area contributed by atoms with Crippen LogP contribution in [0.25, 0.3) is 0 Å². The third-order valence-corrected chi connectivity index (χ3v) is 4.76. The smallest absolute Gasteiger partial charge is 0.0470 e. The Morgan fingerprint density at radius 3 is 2.29 bits per heavy atom. The Labute approximate surface area is 130 Å². The number of hydrogen-bond acceptors (Lipinski definition) is 2. The fourth-order valence-electron chi connectivity index (χ4n) is 3.44. The number of piperidine rings is 1. The Morgan fingerprint density at radius 1 is 1.19 bits per heavy atom. The topological polar surface area (TPSA) is 29.3 Å². The first-order chi connectivity index (χ1) is 9.73. The van der Waals surface area contributed by atoms with Crippen LogP contribution in [0.15, 0.2) is 24.3 Å². The summed E-state index contributed by atoms with van der Waals surface area (Å²) in [5, 5.41) is 0. The lowest BCUT2D eigenvalue weighted by molar-refractivity contribution is 0.0807. The van der Waals surface area contributed by atoms with Gasteiger partial charge in [0.15, 0.2) is 0 Å². The molecule has 2 heteroatoms. The Kier molecular flexibility index (Phi) is 4.79. The molecule has 1 fully saturated rings. The van der Waals surface area contributed by atoms with Gasteiger partial charge >= 0.3 is 0 Å². The number of nitrogens with two attached hydrogens (primary N) is 1. The third kappa shape index (κ3) is 4.08. The van der Waals surface area contributed by atoms with Crippen LogP contribution in [0.5, 0.6) is 0 Å². The van der Waals surface area contributed by atoms with E-state index in [2.05, 4.69) is 63.8 Å². The van der Waals surface area contributed by atoms with Gasteiger partial charge in [-0.1, -0.05) is 58.9 Å². The number of nitrogens with zero attached hydrogens (tertiary/aromatic N) is 1.